The van der Waals surface area contributed by atoms with E-state index in [4.69, 9.17) is 9.47 Å². The molecule has 1 saturated heterocycles. The van der Waals surface area contributed by atoms with Crippen molar-refractivity contribution in [2.75, 3.05) is 6.61 Å². The predicted octanol–water partition coefficient (Wildman–Crippen LogP) is 3.36. The van der Waals surface area contributed by atoms with Gasteiger partial charge in [0.25, 0.3) is 0 Å². The van der Waals surface area contributed by atoms with E-state index < -0.39 is 5.79 Å². The van der Waals surface area contributed by atoms with Gasteiger partial charge in [-0.2, -0.15) is 0 Å². The predicted molar refractivity (Wildman–Crippen MR) is 90.2 cm³/mol. The van der Waals surface area contributed by atoms with E-state index in [-0.39, 0.29) is 6.23 Å². The van der Waals surface area contributed by atoms with Crippen LogP contribution in [0.15, 0.2) is 48.5 Å². The molecule has 1 aliphatic heterocycles. The second-order valence-corrected chi connectivity index (χ2v) is 6.67. The molecule has 3 nitrogen and oxygen atoms in total. The summed E-state index contributed by atoms with van der Waals surface area (Å²) < 4.78 is 12.8. The molecule has 0 radical (unpaired) electrons. The molecule has 2 aliphatic rings. The Morgan fingerprint density at radius 1 is 0.957 bits per heavy atom. The van der Waals surface area contributed by atoms with Gasteiger partial charge in [0.15, 0.2) is 0 Å². The van der Waals surface area contributed by atoms with Gasteiger partial charge >= 0.3 is 0 Å². The average Bonchev–Trinajstić information content (AvgIpc) is 2.91. The van der Waals surface area contributed by atoms with Crippen molar-refractivity contribution in [2.24, 2.45) is 0 Å². The second-order valence-electron chi connectivity index (χ2n) is 6.67. The topological polar surface area (TPSA) is 30.5 Å². The molecule has 1 unspecified atom stereocenters. The van der Waals surface area contributed by atoms with Gasteiger partial charge in [0.05, 0.1) is 6.61 Å². The lowest BCUT2D eigenvalue weighted by Crippen LogP contribution is -2.39. The zero-order chi connectivity index (χ0) is 15.9. The van der Waals surface area contributed by atoms with E-state index in [2.05, 4.69) is 67.7 Å². The fraction of sp³-hybridized carbons (Fsp3) is 0.400. The lowest BCUT2D eigenvalue weighted by Gasteiger charge is -2.31. The number of hydrogen-bond acceptors (Lipinski definition) is 3. The van der Waals surface area contributed by atoms with Crippen molar-refractivity contribution in [3.63, 3.8) is 0 Å². The Bertz CT molecular complexity index is 663. The van der Waals surface area contributed by atoms with Crippen LogP contribution in [0.25, 0.3) is 0 Å². The van der Waals surface area contributed by atoms with Crippen LogP contribution in [-0.4, -0.2) is 18.9 Å². The zero-order valence-corrected chi connectivity index (χ0v) is 13.7. The number of fused-ring (bicyclic) bond motifs is 4. The molecule has 0 saturated carbocycles. The molecule has 3 heteroatoms. The first kappa shape index (κ1) is 14.9. The van der Waals surface area contributed by atoms with Crippen LogP contribution < -0.4 is 5.32 Å². The van der Waals surface area contributed by atoms with Gasteiger partial charge in [-0.25, -0.2) is 0 Å². The van der Waals surface area contributed by atoms with Crippen LogP contribution in [0.5, 0.6) is 0 Å². The fourth-order valence-electron chi connectivity index (χ4n) is 3.73. The summed E-state index contributed by atoms with van der Waals surface area (Å²) in [4.78, 5) is 0. The van der Waals surface area contributed by atoms with Crippen molar-refractivity contribution in [2.45, 2.75) is 44.7 Å². The van der Waals surface area contributed by atoms with Crippen molar-refractivity contribution >= 4 is 0 Å². The largest absolute Gasteiger partial charge is 0.338 e. The van der Waals surface area contributed by atoms with Gasteiger partial charge in [0.1, 0.15) is 6.23 Å². The van der Waals surface area contributed by atoms with E-state index in [0.717, 1.165) is 24.0 Å². The third-order valence-electron chi connectivity index (χ3n) is 4.67. The van der Waals surface area contributed by atoms with E-state index in [1.165, 1.54) is 11.1 Å². The highest BCUT2D eigenvalue weighted by Crippen LogP contribution is 2.45. The van der Waals surface area contributed by atoms with Crippen molar-refractivity contribution in [1.29, 1.82) is 0 Å². The zero-order valence-electron chi connectivity index (χ0n) is 13.7. The van der Waals surface area contributed by atoms with Crippen molar-refractivity contribution in [1.82, 2.24) is 5.32 Å². The Balaban J connectivity index is 1.84. The molecule has 0 bridgehead atoms. The van der Waals surface area contributed by atoms with Gasteiger partial charge in [0.2, 0.25) is 5.79 Å². The van der Waals surface area contributed by atoms with Crippen molar-refractivity contribution in [3.8, 4) is 0 Å². The Labute approximate surface area is 137 Å². The summed E-state index contributed by atoms with van der Waals surface area (Å²) >= 11 is 0. The van der Waals surface area contributed by atoms with Gasteiger partial charge in [-0.15, -0.1) is 0 Å². The summed E-state index contributed by atoms with van der Waals surface area (Å²) in [5.41, 5.74) is 4.93. The molecule has 2 aromatic carbocycles. The SMILES string of the molecule is CC(C)NC1COC2(O1)c1ccccc1CCc1ccccc12. The van der Waals surface area contributed by atoms with Crippen LogP contribution in [0.1, 0.15) is 36.1 Å². The van der Waals surface area contributed by atoms with Gasteiger partial charge in [-0.05, 0) is 37.8 Å². The Morgan fingerprint density at radius 3 is 2.09 bits per heavy atom. The molecule has 4 rings (SSSR count). The minimum atomic E-state index is -0.782. The van der Waals surface area contributed by atoms with Crippen molar-refractivity contribution in [3.05, 3.63) is 70.8 Å². The molecular formula is C20H23NO2. The number of aryl methyl sites for hydroxylation is 2. The number of rotatable bonds is 2. The summed E-state index contributed by atoms with van der Waals surface area (Å²) in [6, 6.07) is 17.4. The van der Waals surface area contributed by atoms with Crippen LogP contribution in [0, 0.1) is 0 Å². The van der Waals surface area contributed by atoms with Crippen LogP contribution in [0.2, 0.25) is 0 Å². The lowest BCUT2D eigenvalue weighted by molar-refractivity contribution is -0.147. The lowest BCUT2D eigenvalue weighted by atomic mass is 9.93. The minimum absolute atomic E-state index is 0.0887. The van der Waals surface area contributed by atoms with Gasteiger partial charge in [-0.3, -0.25) is 5.32 Å². The highest BCUT2D eigenvalue weighted by Gasteiger charge is 2.48. The molecule has 23 heavy (non-hydrogen) atoms. The molecule has 1 heterocycles. The monoisotopic (exact) mass is 309 g/mol. The molecule has 1 N–H and O–H groups in total. The summed E-state index contributed by atoms with van der Waals surface area (Å²) in [5, 5.41) is 3.45. The maximum atomic E-state index is 6.50. The Morgan fingerprint density at radius 2 is 1.52 bits per heavy atom. The molecule has 0 aromatic heterocycles. The smallest absolute Gasteiger partial charge is 0.224 e. The molecule has 0 amide bonds. The molecule has 1 fully saturated rings. The third kappa shape index (κ3) is 2.49. The van der Waals surface area contributed by atoms with E-state index in [9.17, 15) is 0 Å². The molecular weight excluding hydrogens is 286 g/mol. The Kier molecular flexibility index (Phi) is 3.72. The molecule has 120 valence electrons. The molecule has 2 aromatic rings. The second kappa shape index (κ2) is 5.75. The first-order chi connectivity index (χ1) is 11.2. The maximum absolute atomic E-state index is 6.50. The highest BCUT2D eigenvalue weighted by molar-refractivity contribution is 5.46. The summed E-state index contributed by atoms with van der Waals surface area (Å²) in [6.45, 7) is 4.81. The number of nitrogens with one attached hydrogen (secondary N) is 1. The maximum Gasteiger partial charge on any atom is 0.224 e. The fourth-order valence-corrected chi connectivity index (χ4v) is 3.73. The number of ether oxygens (including phenoxy) is 2. The van der Waals surface area contributed by atoms with Crippen LogP contribution in [0.3, 0.4) is 0 Å². The summed E-state index contributed by atoms with van der Waals surface area (Å²) in [5.74, 6) is -0.782. The highest BCUT2D eigenvalue weighted by atomic mass is 16.8. The number of benzene rings is 2. The molecule has 1 aliphatic carbocycles. The van der Waals surface area contributed by atoms with E-state index >= 15 is 0 Å². The molecule has 1 spiro atoms. The summed E-state index contributed by atoms with van der Waals surface area (Å²) in [6.07, 6.45) is 1.95. The first-order valence-corrected chi connectivity index (χ1v) is 8.43. The van der Waals surface area contributed by atoms with Crippen LogP contribution in [-0.2, 0) is 28.1 Å². The van der Waals surface area contributed by atoms with Crippen LogP contribution in [0.4, 0.5) is 0 Å². The number of hydrogen-bond donors (Lipinski definition) is 1. The third-order valence-corrected chi connectivity index (χ3v) is 4.67. The Hall–Kier alpha value is -1.68. The van der Waals surface area contributed by atoms with E-state index in [1.807, 2.05) is 0 Å². The van der Waals surface area contributed by atoms with Gasteiger partial charge in [-0.1, -0.05) is 48.5 Å². The minimum Gasteiger partial charge on any atom is -0.338 e. The van der Waals surface area contributed by atoms with Gasteiger partial charge < -0.3 is 9.47 Å². The van der Waals surface area contributed by atoms with E-state index in [1.54, 1.807) is 0 Å². The van der Waals surface area contributed by atoms with Crippen LogP contribution >= 0.6 is 0 Å². The quantitative estimate of drug-likeness (QED) is 0.923. The normalized spacial score (nSPS) is 22.0. The standard InChI is InChI=1S/C20H23NO2/c1-14(2)21-19-13-22-20(23-19)17-9-5-3-7-15(17)11-12-16-8-4-6-10-18(16)20/h3-10,14,19,21H,11-13H2,1-2H3. The van der Waals surface area contributed by atoms with E-state index in [0.29, 0.717) is 12.6 Å². The summed E-state index contributed by atoms with van der Waals surface area (Å²) in [7, 11) is 0. The van der Waals surface area contributed by atoms with Gasteiger partial charge in [0, 0.05) is 17.2 Å². The molecule has 1 atom stereocenters. The van der Waals surface area contributed by atoms with Crippen molar-refractivity contribution < 1.29 is 9.47 Å². The first-order valence-electron chi connectivity index (χ1n) is 8.43. The average molecular weight is 309 g/mol.